The Bertz CT molecular complexity index is 279. The summed E-state index contributed by atoms with van der Waals surface area (Å²) in [6.45, 7) is 8.43. The summed E-state index contributed by atoms with van der Waals surface area (Å²) in [6, 6.07) is 0. The van der Waals surface area contributed by atoms with Crippen LogP contribution in [0.5, 0.6) is 0 Å². The van der Waals surface area contributed by atoms with E-state index in [9.17, 15) is 9.46 Å². The van der Waals surface area contributed by atoms with Gasteiger partial charge in [0.2, 0.25) is 0 Å². The van der Waals surface area contributed by atoms with Gasteiger partial charge in [0.1, 0.15) is 0 Å². The van der Waals surface area contributed by atoms with Crippen molar-refractivity contribution < 1.29 is 23.2 Å². The molecule has 0 aromatic heterocycles. The molecular formula is C11H23O5P. The molecule has 1 N–H and O–H groups in total. The summed E-state index contributed by atoms with van der Waals surface area (Å²) in [7, 11) is -3.94. The third kappa shape index (κ3) is 5.06. The molecule has 1 aliphatic heterocycles. The lowest BCUT2D eigenvalue weighted by Gasteiger charge is -2.23. The molecule has 1 saturated heterocycles. The number of rotatable bonds is 6. The second kappa shape index (κ2) is 6.30. The molecule has 0 spiro atoms. The van der Waals surface area contributed by atoms with Crippen LogP contribution in [0.15, 0.2) is 0 Å². The fraction of sp³-hybridized carbons (Fsp3) is 1.00. The average Bonchev–Trinajstić information content (AvgIpc) is 2.60. The van der Waals surface area contributed by atoms with Crippen molar-refractivity contribution in [3.63, 3.8) is 0 Å². The van der Waals surface area contributed by atoms with Crippen LogP contribution in [0.4, 0.5) is 0 Å². The molecule has 0 radical (unpaired) electrons. The Balaban J connectivity index is 2.42. The van der Waals surface area contributed by atoms with Gasteiger partial charge in [-0.2, -0.15) is 0 Å². The lowest BCUT2D eigenvalue weighted by atomic mass is 9.90. The molecule has 6 heteroatoms. The summed E-state index contributed by atoms with van der Waals surface area (Å²) in [5.74, 6) is 0.865. The van der Waals surface area contributed by atoms with Crippen molar-refractivity contribution in [3.05, 3.63) is 0 Å². The Morgan fingerprint density at radius 1 is 1.41 bits per heavy atom. The SMILES string of the molecule is CC(C)OP(=O)(O)OCC1OCC[C@@H]1C(C)C. The third-order valence-corrected chi connectivity index (χ3v) is 4.03. The highest BCUT2D eigenvalue weighted by atomic mass is 31.2. The minimum Gasteiger partial charge on any atom is -0.375 e. The molecular weight excluding hydrogens is 243 g/mol. The van der Waals surface area contributed by atoms with Gasteiger partial charge in [-0.1, -0.05) is 13.8 Å². The van der Waals surface area contributed by atoms with Crippen molar-refractivity contribution in [1.29, 1.82) is 0 Å². The van der Waals surface area contributed by atoms with Gasteiger partial charge in [0.05, 0.1) is 18.8 Å². The van der Waals surface area contributed by atoms with Crippen molar-refractivity contribution in [2.75, 3.05) is 13.2 Å². The van der Waals surface area contributed by atoms with E-state index < -0.39 is 7.82 Å². The highest BCUT2D eigenvalue weighted by molar-refractivity contribution is 7.47. The maximum Gasteiger partial charge on any atom is 0.472 e. The van der Waals surface area contributed by atoms with Crippen LogP contribution < -0.4 is 0 Å². The predicted molar refractivity (Wildman–Crippen MR) is 64.7 cm³/mol. The quantitative estimate of drug-likeness (QED) is 0.748. The van der Waals surface area contributed by atoms with Gasteiger partial charge in [-0.05, 0) is 32.1 Å². The molecule has 0 saturated carbocycles. The summed E-state index contributed by atoms with van der Waals surface area (Å²) in [5.41, 5.74) is 0. The van der Waals surface area contributed by atoms with E-state index in [2.05, 4.69) is 13.8 Å². The smallest absolute Gasteiger partial charge is 0.375 e. The fourth-order valence-electron chi connectivity index (χ4n) is 2.06. The second-order valence-electron chi connectivity index (χ2n) is 5.02. The summed E-state index contributed by atoms with van der Waals surface area (Å²) in [4.78, 5) is 9.43. The van der Waals surface area contributed by atoms with E-state index in [1.165, 1.54) is 0 Å². The zero-order chi connectivity index (χ0) is 13.1. The number of ether oxygens (including phenoxy) is 1. The average molecular weight is 266 g/mol. The minimum absolute atomic E-state index is 0.105. The van der Waals surface area contributed by atoms with Gasteiger partial charge in [0.25, 0.3) is 0 Å². The Morgan fingerprint density at radius 3 is 2.59 bits per heavy atom. The van der Waals surface area contributed by atoms with Crippen molar-refractivity contribution >= 4 is 7.82 Å². The van der Waals surface area contributed by atoms with Crippen molar-refractivity contribution in [3.8, 4) is 0 Å². The lowest BCUT2D eigenvalue weighted by Crippen LogP contribution is -2.25. The number of hydrogen-bond acceptors (Lipinski definition) is 4. The van der Waals surface area contributed by atoms with E-state index in [1.807, 2.05) is 0 Å². The number of hydrogen-bond donors (Lipinski definition) is 1. The van der Waals surface area contributed by atoms with Gasteiger partial charge in [-0.15, -0.1) is 0 Å². The minimum atomic E-state index is -3.94. The van der Waals surface area contributed by atoms with Gasteiger partial charge >= 0.3 is 7.82 Å². The Morgan fingerprint density at radius 2 is 2.06 bits per heavy atom. The highest BCUT2D eigenvalue weighted by Gasteiger charge is 2.33. The first-order valence-electron chi connectivity index (χ1n) is 6.09. The van der Waals surface area contributed by atoms with Crippen LogP contribution in [-0.2, 0) is 18.3 Å². The van der Waals surface area contributed by atoms with E-state index in [0.29, 0.717) is 18.4 Å². The maximum atomic E-state index is 11.5. The molecule has 0 aliphatic carbocycles. The van der Waals surface area contributed by atoms with Crippen molar-refractivity contribution in [1.82, 2.24) is 0 Å². The molecule has 0 aromatic rings. The van der Waals surface area contributed by atoms with Crippen LogP contribution in [-0.4, -0.2) is 30.3 Å². The van der Waals surface area contributed by atoms with Gasteiger partial charge in [0.15, 0.2) is 0 Å². The third-order valence-electron chi connectivity index (χ3n) is 2.86. The van der Waals surface area contributed by atoms with Crippen LogP contribution >= 0.6 is 7.82 Å². The summed E-state index contributed by atoms with van der Waals surface area (Å²) in [5, 5.41) is 0. The molecule has 1 heterocycles. The van der Waals surface area contributed by atoms with Crippen LogP contribution in [0.3, 0.4) is 0 Å². The Labute approximate surface area is 103 Å². The predicted octanol–water partition coefficient (Wildman–Crippen LogP) is 2.59. The van der Waals surface area contributed by atoms with Crippen molar-refractivity contribution in [2.24, 2.45) is 11.8 Å². The van der Waals surface area contributed by atoms with E-state index in [-0.39, 0.29) is 18.8 Å². The first-order valence-corrected chi connectivity index (χ1v) is 7.58. The van der Waals surface area contributed by atoms with E-state index in [0.717, 1.165) is 6.42 Å². The number of phosphoric ester groups is 1. The molecule has 102 valence electrons. The highest BCUT2D eigenvalue weighted by Crippen LogP contribution is 2.45. The van der Waals surface area contributed by atoms with E-state index >= 15 is 0 Å². The van der Waals surface area contributed by atoms with Gasteiger partial charge < -0.3 is 9.63 Å². The maximum absolute atomic E-state index is 11.5. The van der Waals surface area contributed by atoms with Crippen LogP contribution in [0.2, 0.25) is 0 Å². The Kier molecular flexibility index (Phi) is 5.61. The normalized spacial score (nSPS) is 28.9. The van der Waals surface area contributed by atoms with Crippen LogP contribution in [0.1, 0.15) is 34.1 Å². The molecule has 1 aliphatic rings. The zero-order valence-corrected chi connectivity index (χ0v) is 11.9. The monoisotopic (exact) mass is 266 g/mol. The molecule has 3 atom stereocenters. The van der Waals surface area contributed by atoms with E-state index in [1.54, 1.807) is 13.8 Å². The topological polar surface area (TPSA) is 65.0 Å². The molecule has 17 heavy (non-hydrogen) atoms. The summed E-state index contributed by atoms with van der Waals surface area (Å²) in [6.07, 6.45) is 0.536. The van der Waals surface area contributed by atoms with Gasteiger partial charge in [0, 0.05) is 6.61 Å². The Hall–Kier alpha value is 0.0700. The zero-order valence-electron chi connectivity index (χ0n) is 11.0. The lowest BCUT2D eigenvalue weighted by molar-refractivity contribution is 0.0201. The first kappa shape index (κ1) is 15.1. The standard InChI is InChI=1S/C11H23O5P/c1-8(2)10-5-6-14-11(10)7-15-17(12,13)16-9(3)4/h8-11H,5-7H2,1-4H3,(H,12,13)/t10-,11?/m1/s1. The summed E-state index contributed by atoms with van der Waals surface area (Å²) >= 11 is 0. The van der Waals surface area contributed by atoms with Crippen LogP contribution in [0.25, 0.3) is 0 Å². The molecule has 1 fully saturated rings. The molecule has 0 aromatic carbocycles. The van der Waals surface area contributed by atoms with E-state index in [4.69, 9.17) is 13.8 Å². The molecule has 2 unspecified atom stereocenters. The number of phosphoric acid groups is 1. The summed E-state index contributed by atoms with van der Waals surface area (Å²) < 4.78 is 26.8. The molecule has 0 amide bonds. The van der Waals surface area contributed by atoms with Crippen LogP contribution in [0, 0.1) is 11.8 Å². The molecule has 0 bridgehead atoms. The van der Waals surface area contributed by atoms with Gasteiger partial charge in [-0.25, -0.2) is 4.57 Å². The second-order valence-corrected chi connectivity index (χ2v) is 6.43. The largest absolute Gasteiger partial charge is 0.472 e. The first-order chi connectivity index (χ1) is 7.82. The molecule has 1 rings (SSSR count). The van der Waals surface area contributed by atoms with Crippen molar-refractivity contribution in [2.45, 2.75) is 46.3 Å². The molecule has 5 nitrogen and oxygen atoms in total. The van der Waals surface area contributed by atoms with Gasteiger partial charge in [-0.3, -0.25) is 9.05 Å². The fourth-order valence-corrected chi connectivity index (χ4v) is 2.99.